The average Bonchev–Trinajstić information content (AvgIpc) is 3.82. The molecule has 0 aliphatic heterocycles. The van der Waals surface area contributed by atoms with Crippen molar-refractivity contribution in [2.45, 2.75) is 5.41 Å². The van der Waals surface area contributed by atoms with Gasteiger partial charge in [-0.2, -0.15) is 0 Å². The minimum atomic E-state index is -0.355. The van der Waals surface area contributed by atoms with E-state index >= 15 is 0 Å². The van der Waals surface area contributed by atoms with Crippen molar-refractivity contribution < 1.29 is 0 Å². The lowest BCUT2D eigenvalue weighted by Gasteiger charge is -2.30. The molecule has 11 rings (SSSR count). The number of hydrogen-bond donors (Lipinski definition) is 0. The maximum absolute atomic E-state index is 5.13. The molecular formula is C47H29N3. The van der Waals surface area contributed by atoms with Gasteiger partial charge in [0, 0.05) is 23.3 Å². The normalized spacial score (nSPS) is 13.4. The van der Waals surface area contributed by atoms with Gasteiger partial charge in [-0.25, -0.2) is 4.98 Å². The molecule has 0 unspecified atom stereocenters. The van der Waals surface area contributed by atoms with Crippen LogP contribution < -0.4 is 0 Å². The van der Waals surface area contributed by atoms with Crippen molar-refractivity contribution >= 4 is 16.4 Å². The van der Waals surface area contributed by atoms with Crippen molar-refractivity contribution in [1.82, 2.24) is 14.4 Å². The van der Waals surface area contributed by atoms with Crippen molar-refractivity contribution in [3.05, 3.63) is 198 Å². The van der Waals surface area contributed by atoms with Gasteiger partial charge in [-0.15, -0.1) is 0 Å². The van der Waals surface area contributed by atoms with Crippen molar-refractivity contribution in [3.63, 3.8) is 0 Å². The van der Waals surface area contributed by atoms with Crippen molar-refractivity contribution in [1.29, 1.82) is 0 Å². The first-order valence-corrected chi connectivity index (χ1v) is 17.2. The maximum Gasteiger partial charge on any atom is 0.138 e. The highest BCUT2D eigenvalue weighted by Crippen LogP contribution is 2.63. The summed E-state index contributed by atoms with van der Waals surface area (Å²) in [6, 6.07) is 59.6. The number of pyridine rings is 2. The molecule has 6 aromatic carbocycles. The Morgan fingerprint density at radius 3 is 1.74 bits per heavy atom. The van der Waals surface area contributed by atoms with Crippen molar-refractivity contribution in [3.8, 4) is 56.0 Å². The van der Waals surface area contributed by atoms with Crippen LogP contribution in [0.3, 0.4) is 0 Å². The van der Waals surface area contributed by atoms with Crippen LogP contribution in [0.2, 0.25) is 0 Å². The van der Waals surface area contributed by atoms with Crippen LogP contribution in [0.15, 0.2) is 176 Å². The quantitative estimate of drug-likeness (QED) is 0.193. The number of fused-ring (bicyclic) bond motifs is 12. The lowest BCUT2D eigenvalue weighted by atomic mass is 9.70. The monoisotopic (exact) mass is 635 g/mol. The third-order valence-corrected chi connectivity index (χ3v) is 10.9. The maximum atomic E-state index is 5.13. The summed E-state index contributed by atoms with van der Waals surface area (Å²) in [7, 11) is 0. The highest BCUT2D eigenvalue weighted by Gasteiger charge is 2.51. The summed E-state index contributed by atoms with van der Waals surface area (Å²) in [5.41, 5.74) is 17.6. The number of benzene rings is 6. The zero-order chi connectivity index (χ0) is 32.8. The Hall–Kier alpha value is -6.58. The molecule has 3 nitrogen and oxygen atoms in total. The van der Waals surface area contributed by atoms with Gasteiger partial charge in [-0.1, -0.05) is 140 Å². The Bertz CT molecular complexity index is 2750. The topological polar surface area (TPSA) is 30.2 Å². The Balaban J connectivity index is 1.08. The van der Waals surface area contributed by atoms with Gasteiger partial charge >= 0.3 is 0 Å². The standard InChI is InChI=1S/C47H29N3/c1-2-12-34-31(11-1)26-27-48-44(34)45-46(50-28-10-9-19-43(50)49-45)32-22-20-30(21-23-32)33-24-25-38-37-15-5-8-18-41(37)47(42(38)29-33)39-16-6-3-13-35(39)36-14-4-7-17-40(36)47/h1-29H. The summed E-state index contributed by atoms with van der Waals surface area (Å²) in [5, 5.41) is 2.25. The van der Waals surface area contributed by atoms with Gasteiger partial charge in [0.25, 0.3) is 0 Å². The van der Waals surface area contributed by atoms with E-state index in [1.807, 2.05) is 12.3 Å². The number of aromatic nitrogens is 3. The molecule has 0 radical (unpaired) electrons. The van der Waals surface area contributed by atoms with E-state index < -0.39 is 0 Å². The summed E-state index contributed by atoms with van der Waals surface area (Å²) in [4.78, 5) is 9.99. The molecule has 9 aromatic rings. The molecule has 0 saturated carbocycles. The summed E-state index contributed by atoms with van der Waals surface area (Å²) in [5.74, 6) is 0. The summed E-state index contributed by atoms with van der Waals surface area (Å²) in [6.45, 7) is 0. The fourth-order valence-corrected chi connectivity index (χ4v) is 8.84. The number of nitrogens with zero attached hydrogens (tertiary/aromatic N) is 3. The second-order valence-corrected chi connectivity index (χ2v) is 13.3. The van der Waals surface area contributed by atoms with E-state index in [9.17, 15) is 0 Å². The first-order chi connectivity index (χ1) is 24.8. The van der Waals surface area contributed by atoms with Gasteiger partial charge in [0.1, 0.15) is 11.3 Å². The van der Waals surface area contributed by atoms with Crippen molar-refractivity contribution in [2.24, 2.45) is 0 Å². The highest BCUT2D eigenvalue weighted by atomic mass is 15.0. The van der Waals surface area contributed by atoms with Crippen LogP contribution in [0.1, 0.15) is 22.3 Å². The molecule has 1 spiro atoms. The second-order valence-electron chi connectivity index (χ2n) is 13.3. The number of rotatable bonds is 3. The minimum Gasteiger partial charge on any atom is -0.299 e. The number of hydrogen-bond acceptors (Lipinski definition) is 2. The molecule has 0 amide bonds. The van der Waals surface area contributed by atoms with E-state index in [1.165, 1.54) is 55.6 Å². The Kier molecular flexibility index (Phi) is 5.59. The van der Waals surface area contributed by atoms with Gasteiger partial charge in [-0.05, 0) is 85.3 Å². The molecule has 0 N–H and O–H groups in total. The van der Waals surface area contributed by atoms with E-state index in [0.29, 0.717) is 0 Å². The molecule has 0 bridgehead atoms. The first-order valence-electron chi connectivity index (χ1n) is 17.2. The summed E-state index contributed by atoms with van der Waals surface area (Å²) in [6.07, 6.45) is 3.98. The lowest BCUT2D eigenvalue weighted by Crippen LogP contribution is -2.25. The highest BCUT2D eigenvalue weighted by molar-refractivity contribution is 5.98. The zero-order valence-corrected chi connectivity index (χ0v) is 27.1. The molecule has 50 heavy (non-hydrogen) atoms. The van der Waals surface area contributed by atoms with Gasteiger partial charge in [0.15, 0.2) is 0 Å². The molecule has 0 fully saturated rings. The van der Waals surface area contributed by atoms with Crippen LogP contribution in [0, 0.1) is 0 Å². The number of imidazole rings is 1. The van der Waals surface area contributed by atoms with E-state index in [4.69, 9.17) is 9.97 Å². The van der Waals surface area contributed by atoms with Gasteiger partial charge in [-0.3, -0.25) is 9.38 Å². The Morgan fingerprint density at radius 1 is 0.440 bits per heavy atom. The lowest BCUT2D eigenvalue weighted by molar-refractivity contribution is 0.794. The molecule has 2 aliphatic carbocycles. The second kappa shape index (κ2) is 10.2. The van der Waals surface area contributed by atoms with Crippen LogP contribution in [-0.2, 0) is 5.41 Å². The van der Waals surface area contributed by atoms with E-state index in [0.717, 1.165) is 39.1 Å². The molecule has 0 atom stereocenters. The largest absolute Gasteiger partial charge is 0.299 e. The minimum absolute atomic E-state index is 0.355. The Morgan fingerprint density at radius 2 is 1.02 bits per heavy atom. The Labute approximate surface area is 289 Å². The average molecular weight is 636 g/mol. The molecule has 2 aliphatic rings. The van der Waals surface area contributed by atoms with Gasteiger partial charge in [0.05, 0.1) is 16.8 Å². The fraction of sp³-hybridized carbons (Fsp3) is 0.0213. The third kappa shape index (κ3) is 3.58. The van der Waals surface area contributed by atoms with E-state index in [1.54, 1.807) is 0 Å². The van der Waals surface area contributed by atoms with Crippen LogP contribution in [-0.4, -0.2) is 14.4 Å². The van der Waals surface area contributed by atoms with Crippen LogP contribution >= 0.6 is 0 Å². The fourth-order valence-electron chi connectivity index (χ4n) is 8.84. The van der Waals surface area contributed by atoms with Crippen molar-refractivity contribution in [2.75, 3.05) is 0 Å². The predicted molar refractivity (Wildman–Crippen MR) is 203 cm³/mol. The molecule has 0 saturated heterocycles. The van der Waals surface area contributed by atoms with E-state index in [-0.39, 0.29) is 5.41 Å². The summed E-state index contributed by atoms with van der Waals surface area (Å²) < 4.78 is 2.18. The predicted octanol–water partition coefficient (Wildman–Crippen LogP) is 11.2. The molecule has 3 heterocycles. The molecule has 3 aromatic heterocycles. The molecule has 3 heteroatoms. The molecule has 232 valence electrons. The van der Waals surface area contributed by atoms with Crippen LogP contribution in [0.4, 0.5) is 0 Å². The van der Waals surface area contributed by atoms with E-state index in [2.05, 4.69) is 168 Å². The third-order valence-electron chi connectivity index (χ3n) is 10.9. The summed E-state index contributed by atoms with van der Waals surface area (Å²) >= 11 is 0. The first kappa shape index (κ1) is 27.4. The SMILES string of the molecule is c1ccc2c(c1)-c1ccccc1C21c2ccccc2-c2ccc(-c3ccc(-c4c(-c5nccc6ccccc56)nc5ccccn45)cc3)cc21. The molecular weight excluding hydrogens is 607 g/mol. The van der Waals surface area contributed by atoms with Crippen LogP contribution in [0.25, 0.3) is 72.4 Å². The smallest absolute Gasteiger partial charge is 0.138 e. The zero-order valence-electron chi connectivity index (χ0n) is 27.1. The van der Waals surface area contributed by atoms with Gasteiger partial charge in [0.2, 0.25) is 0 Å². The van der Waals surface area contributed by atoms with Crippen LogP contribution in [0.5, 0.6) is 0 Å². The van der Waals surface area contributed by atoms with Gasteiger partial charge < -0.3 is 0 Å².